The van der Waals surface area contributed by atoms with Gasteiger partial charge in [-0.15, -0.1) is 0 Å². The minimum Gasteiger partial charge on any atom is -0.486 e. The van der Waals surface area contributed by atoms with Crippen molar-refractivity contribution >= 4 is 0 Å². The van der Waals surface area contributed by atoms with Crippen LogP contribution in [0.5, 0.6) is 5.75 Å². The summed E-state index contributed by atoms with van der Waals surface area (Å²) in [6, 6.07) is 6.31. The van der Waals surface area contributed by atoms with Crippen LogP contribution in [0, 0.1) is 13.8 Å². The standard InChI is InChI=1S/C16H26N2O/c1-13-6-5-7-14(2)15(13)19-16(3,4)12-18-10-8-17-9-11-18/h5-7,17H,8-12H2,1-4H3. The molecule has 19 heavy (non-hydrogen) atoms. The first-order valence-corrected chi connectivity index (χ1v) is 7.16. The smallest absolute Gasteiger partial charge is 0.125 e. The molecule has 0 bridgehead atoms. The lowest BCUT2D eigenvalue weighted by atomic mass is 10.1. The molecule has 1 saturated heterocycles. The lowest BCUT2D eigenvalue weighted by Gasteiger charge is -2.36. The molecular weight excluding hydrogens is 236 g/mol. The summed E-state index contributed by atoms with van der Waals surface area (Å²) in [5, 5.41) is 3.39. The second-order valence-electron chi connectivity index (χ2n) is 6.11. The SMILES string of the molecule is Cc1cccc(C)c1OC(C)(C)CN1CCNCC1. The molecule has 1 aromatic rings. The van der Waals surface area contributed by atoms with Crippen LogP contribution >= 0.6 is 0 Å². The van der Waals surface area contributed by atoms with Gasteiger partial charge in [0.25, 0.3) is 0 Å². The minimum absolute atomic E-state index is 0.159. The van der Waals surface area contributed by atoms with Crippen LogP contribution in [0.3, 0.4) is 0 Å². The topological polar surface area (TPSA) is 24.5 Å². The van der Waals surface area contributed by atoms with Crippen molar-refractivity contribution in [3.8, 4) is 5.75 Å². The van der Waals surface area contributed by atoms with E-state index in [1.54, 1.807) is 0 Å². The van der Waals surface area contributed by atoms with Gasteiger partial charge >= 0.3 is 0 Å². The Morgan fingerprint density at radius 1 is 1.16 bits per heavy atom. The number of nitrogens with zero attached hydrogens (tertiary/aromatic N) is 1. The van der Waals surface area contributed by atoms with Crippen molar-refractivity contribution < 1.29 is 4.74 Å². The highest BCUT2D eigenvalue weighted by Gasteiger charge is 2.25. The summed E-state index contributed by atoms with van der Waals surface area (Å²) < 4.78 is 6.30. The maximum atomic E-state index is 6.30. The Hall–Kier alpha value is -1.06. The molecule has 1 aliphatic heterocycles. The van der Waals surface area contributed by atoms with Crippen molar-refractivity contribution in [3.63, 3.8) is 0 Å². The third-order valence-corrected chi connectivity index (χ3v) is 3.60. The van der Waals surface area contributed by atoms with E-state index in [1.165, 1.54) is 11.1 Å². The first-order valence-electron chi connectivity index (χ1n) is 7.16. The van der Waals surface area contributed by atoms with E-state index < -0.39 is 0 Å². The summed E-state index contributed by atoms with van der Waals surface area (Å²) in [5.74, 6) is 1.04. The van der Waals surface area contributed by atoms with Gasteiger partial charge < -0.3 is 10.1 Å². The molecule has 0 spiro atoms. The lowest BCUT2D eigenvalue weighted by molar-refractivity contribution is 0.0535. The molecule has 0 amide bonds. The molecule has 1 N–H and O–H groups in total. The van der Waals surface area contributed by atoms with Gasteiger partial charge in [0.2, 0.25) is 0 Å². The van der Waals surface area contributed by atoms with E-state index in [9.17, 15) is 0 Å². The van der Waals surface area contributed by atoms with E-state index in [-0.39, 0.29) is 5.60 Å². The van der Waals surface area contributed by atoms with Crippen molar-refractivity contribution in [2.45, 2.75) is 33.3 Å². The number of hydrogen-bond donors (Lipinski definition) is 1. The van der Waals surface area contributed by atoms with Gasteiger partial charge in [0.1, 0.15) is 11.4 Å². The Balaban J connectivity index is 2.03. The van der Waals surface area contributed by atoms with E-state index in [1.807, 2.05) is 0 Å². The third-order valence-electron chi connectivity index (χ3n) is 3.60. The van der Waals surface area contributed by atoms with Crippen LogP contribution in [-0.4, -0.2) is 43.2 Å². The maximum Gasteiger partial charge on any atom is 0.125 e. The van der Waals surface area contributed by atoms with Crippen molar-refractivity contribution in [1.29, 1.82) is 0 Å². The van der Waals surface area contributed by atoms with E-state index in [0.717, 1.165) is 38.5 Å². The second-order valence-corrected chi connectivity index (χ2v) is 6.11. The number of rotatable bonds is 4. The number of ether oxygens (including phenoxy) is 1. The summed E-state index contributed by atoms with van der Waals surface area (Å²) in [5.41, 5.74) is 2.27. The number of hydrogen-bond acceptors (Lipinski definition) is 3. The fourth-order valence-electron chi connectivity index (χ4n) is 2.68. The van der Waals surface area contributed by atoms with Crippen LogP contribution in [0.1, 0.15) is 25.0 Å². The first kappa shape index (κ1) is 14.4. The van der Waals surface area contributed by atoms with Gasteiger partial charge in [-0.1, -0.05) is 18.2 Å². The van der Waals surface area contributed by atoms with Crippen LogP contribution in [0.25, 0.3) is 0 Å². The number of aryl methyl sites for hydroxylation is 2. The van der Waals surface area contributed by atoms with Crippen LogP contribution in [0.2, 0.25) is 0 Å². The molecule has 0 saturated carbocycles. The molecule has 0 unspecified atom stereocenters. The molecule has 1 aromatic carbocycles. The predicted octanol–water partition coefficient (Wildman–Crippen LogP) is 2.37. The van der Waals surface area contributed by atoms with Gasteiger partial charge in [0.05, 0.1) is 0 Å². The highest BCUT2D eigenvalue weighted by molar-refractivity contribution is 5.40. The number of benzene rings is 1. The van der Waals surface area contributed by atoms with Gasteiger partial charge in [-0.3, -0.25) is 4.90 Å². The summed E-state index contributed by atoms with van der Waals surface area (Å²) in [4.78, 5) is 2.48. The molecular formula is C16H26N2O. The Morgan fingerprint density at radius 3 is 2.32 bits per heavy atom. The van der Waals surface area contributed by atoms with E-state index >= 15 is 0 Å². The van der Waals surface area contributed by atoms with Crippen molar-refractivity contribution in [2.75, 3.05) is 32.7 Å². The predicted molar refractivity (Wildman–Crippen MR) is 79.9 cm³/mol. The number of piperazine rings is 1. The zero-order valence-electron chi connectivity index (χ0n) is 12.6. The summed E-state index contributed by atoms with van der Waals surface area (Å²) >= 11 is 0. The molecule has 0 radical (unpaired) electrons. The zero-order valence-corrected chi connectivity index (χ0v) is 12.6. The monoisotopic (exact) mass is 262 g/mol. The van der Waals surface area contributed by atoms with E-state index in [0.29, 0.717) is 0 Å². The highest BCUT2D eigenvalue weighted by atomic mass is 16.5. The molecule has 0 atom stereocenters. The first-order chi connectivity index (χ1) is 8.98. The van der Waals surface area contributed by atoms with Gasteiger partial charge in [0.15, 0.2) is 0 Å². The Labute approximate surface area is 116 Å². The van der Waals surface area contributed by atoms with Crippen molar-refractivity contribution in [3.05, 3.63) is 29.3 Å². The second kappa shape index (κ2) is 5.93. The fourth-order valence-corrected chi connectivity index (χ4v) is 2.68. The Morgan fingerprint density at radius 2 is 1.74 bits per heavy atom. The average molecular weight is 262 g/mol. The summed E-state index contributed by atoms with van der Waals surface area (Å²) in [6.07, 6.45) is 0. The van der Waals surface area contributed by atoms with E-state index in [4.69, 9.17) is 4.74 Å². The average Bonchev–Trinajstić information content (AvgIpc) is 2.35. The molecule has 1 fully saturated rings. The van der Waals surface area contributed by atoms with Crippen LogP contribution in [-0.2, 0) is 0 Å². The van der Waals surface area contributed by atoms with E-state index in [2.05, 4.69) is 56.1 Å². The highest BCUT2D eigenvalue weighted by Crippen LogP contribution is 2.27. The van der Waals surface area contributed by atoms with Crippen molar-refractivity contribution in [2.24, 2.45) is 0 Å². The normalized spacial score (nSPS) is 17.5. The third kappa shape index (κ3) is 3.95. The number of nitrogens with one attached hydrogen (secondary N) is 1. The zero-order chi connectivity index (χ0) is 13.9. The Bertz CT molecular complexity index is 403. The molecule has 3 heteroatoms. The molecule has 106 valence electrons. The van der Waals surface area contributed by atoms with Gasteiger partial charge in [-0.2, -0.15) is 0 Å². The molecule has 1 aliphatic rings. The van der Waals surface area contributed by atoms with Crippen LogP contribution in [0.15, 0.2) is 18.2 Å². The molecule has 0 aliphatic carbocycles. The molecule has 2 rings (SSSR count). The summed E-state index contributed by atoms with van der Waals surface area (Å²) in [6.45, 7) is 14.0. The van der Waals surface area contributed by atoms with Crippen LogP contribution < -0.4 is 10.1 Å². The quantitative estimate of drug-likeness (QED) is 0.901. The minimum atomic E-state index is -0.159. The van der Waals surface area contributed by atoms with Gasteiger partial charge in [0, 0.05) is 32.7 Å². The molecule has 3 nitrogen and oxygen atoms in total. The molecule has 1 heterocycles. The molecule has 0 aromatic heterocycles. The number of para-hydroxylation sites is 1. The van der Waals surface area contributed by atoms with Crippen LogP contribution in [0.4, 0.5) is 0 Å². The Kier molecular flexibility index (Phi) is 4.48. The van der Waals surface area contributed by atoms with Gasteiger partial charge in [-0.25, -0.2) is 0 Å². The van der Waals surface area contributed by atoms with Crippen molar-refractivity contribution in [1.82, 2.24) is 10.2 Å². The fraction of sp³-hybridized carbons (Fsp3) is 0.625. The summed E-state index contributed by atoms with van der Waals surface area (Å²) in [7, 11) is 0. The lowest BCUT2D eigenvalue weighted by Crippen LogP contribution is -2.50. The largest absolute Gasteiger partial charge is 0.486 e. The van der Waals surface area contributed by atoms with Gasteiger partial charge in [-0.05, 0) is 38.8 Å². The maximum absolute atomic E-state index is 6.30.